The average Bonchev–Trinajstić information content (AvgIpc) is 2.97. The van der Waals surface area contributed by atoms with Crippen LogP contribution in [0.4, 0.5) is 5.69 Å². The van der Waals surface area contributed by atoms with Crippen LogP contribution in [0.15, 0.2) is 72.8 Å². The molecule has 152 valence electrons. The first kappa shape index (κ1) is 20.1. The summed E-state index contributed by atoms with van der Waals surface area (Å²) in [7, 11) is 1.54. The molecule has 0 unspecified atom stereocenters. The number of benzene rings is 3. The van der Waals surface area contributed by atoms with Gasteiger partial charge in [-0.2, -0.15) is 0 Å². The van der Waals surface area contributed by atoms with E-state index >= 15 is 0 Å². The molecule has 0 aliphatic carbocycles. The number of amides is 1. The Labute approximate surface area is 179 Å². The molecule has 1 atom stereocenters. The van der Waals surface area contributed by atoms with Gasteiger partial charge in [0.25, 0.3) is 5.91 Å². The monoisotopic (exact) mass is 421 g/mol. The van der Waals surface area contributed by atoms with E-state index in [2.05, 4.69) is 0 Å². The van der Waals surface area contributed by atoms with Crippen molar-refractivity contribution >= 4 is 29.0 Å². The minimum absolute atomic E-state index is 0.270. The minimum atomic E-state index is -1.92. The van der Waals surface area contributed by atoms with Gasteiger partial charge in [-0.25, -0.2) is 0 Å². The Morgan fingerprint density at radius 2 is 1.70 bits per heavy atom. The molecule has 6 heteroatoms. The molecule has 0 aromatic heterocycles. The Balaban J connectivity index is 1.64. The number of aliphatic hydroxyl groups is 1. The quantitative estimate of drug-likeness (QED) is 0.601. The van der Waals surface area contributed by atoms with Gasteiger partial charge in [0.1, 0.15) is 5.75 Å². The van der Waals surface area contributed by atoms with Crippen molar-refractivity contribution in [2.45, 2.75) is 18.6 Å². The zero-order valence-corrected chi connectivity index (χ0v) is 17.1. The SMILES string of the molecule is COc1ccc(C(=O)C[C@]2(O)C(=O)N(Cc3ccc(Cl)cc3)c3ccccc32)cc1. The Bertz CT molecular complexity index is 1090. The van der Waals surface area contributed by atoms with Gasteiger partial charge in [0.05, 0.1) is 25.8 Å². The van der Waals surface area contributed by atoms with E-state index in [0.717, 1.165) is 5.56 Å². The van der Waals surface area contributed by atoms with E-state index in [0.29, 0.717) is 27.6 Å². The fourth-order valence-electron chi connectivity index (χ4n) is 3.72. The molecule has 3 aromatic rings. The predicted octanol–water partition coefficient (Wildman–Crippen LogP) is 4.36. The number of nitrogens with zero attached hydrogens (tertiary/aromatic N) is 1. The van der Waals surface area contributed by atoms with Crippen molar-refractivity contribution in [2.24, 2.45) is 0 Å². The van der Waals surface area contributed by atoms with Gasteiger partial charge in [-0.15, -0.1) is 0 Å². The summed E-state index contributed by atoms with van der Waals surface area (Å²) < 4.78 is 5.11. The highest BCUT2D eigenvalue weighted by molar-refractivity contribution is 6.30. The van der Waals surface area contributed by atoms with E-state index < -0.39 is 11.5 Å². The minimum Gasteiger partial charge on any atom is -0.497 e. The third-order valence-corrected chi connectivity index (χ3v) is 5.57. The van der Waals surface area contributed by atoms with Crippen molar-refractivity contribution in [1.29, 1.82) is 0 Å². The van der Waals surface area contributed by atoms with E-state index in [1.807, 2.05) is 12.1 Å². The Morgan fingerprint density at radius 1 is 1.03 bits per heavy atom. The maximum Gasteiger partial charge on any atom is 0.264 e. The number of methoxy groups -OCH3 is 1. The molecule has 4 rings (SSSR count). The number of Topliss-reactive ketones (excluding diaryl/α,β-unsaturated/α-hetero) is 1. The van der Waals surface area contributed by atoms with E-state index in [9.17, 15) is 14.7 Å². The van der Waals surface area contributed by atoms with Crippen LogP contribution in [0.25, 0.3) is 0 Å². The van der Waals surface area contributed by atoms with Crippen LogP contribution >= 0.6 is 11.6 Å². The largest absolute Gasteiger partial charge is 0.497 e. The molecule has 30 heavy (non-hydrogen) atoms. The summed E-state index contributed by atoms with van der Waals surface area (Å²) in [4.78, 5) is 27.7. The lowest BCUT2D eigenvalue weighted by Crippen LogP contribution is -2.41. The standard InChI is InChI=1S/C24H20ClNO4/c1-30-19-12-8-17(9-13-19)22(27)14-24(29)20-4-2-3-5-21(20)26(23(24)28)15-16-6-10-18(25)11-7-16/h2-13,29H,14-15H2,1H3/t24-/m1/s1. The zero-order chi connectivity index (χ0) is 21.3. The molecule has 1 heterocycles. The van der Waals surface area contributed by atoms with Crippen LogP contribution in [0.2, 0.25) is 5.02 Å². The molecule has 0 radical (unpaired) electrons. The lowest BCUT2D eigenvalue weighted by atomic mass is 9.88. The second kappa shape index (κ2) is 7.94. The van der Waals surface area contributed by atoms with Gasteiger partial charge in [-0.1, -0.05) is 41.9 Å². The van der Waals surface area contributed by atoms with E-state index in [4.69, 9.17) is 16.3 Å². The second-order valence-electron chi connectivity index (χ2n) is 7.22. The highest BCUT2D eigenvalue weighted by atomic mass is 35.5. The summed E-state index contributed by atoms with van der Waals surface area (Å²) in [6.07, 6.45) is -0.341. The summed E-state index contributed by atoms with van der Waals surface area (Å²) in [5, 5.41) is 12.0. The number of halogens is 1. The third kappa shape index (κ3) is 3.58. The number of carbonyl (C=O) groups is 2. The molecule has 5 nitrogen and oxygen atoms in total. The molecule has 0 saturated heterocycles. The second-order valence-corrected chi connectivity index (χ2v) is 7.66. The molecule has 0 spiro atoms. The topological polar surface area (TPSA) is 66.8 Å². The first-order chi connectivity index (χ1) is 14.4. The third-order valence-electron chi connectivity index (χ3n) is 5.32. The molecule has 1 N–H and O–H groups in total. The summed E-state index contributed by atoms with van der Waals surface area (Å²) >= 11 is 5.95. The number of hydrogen-bond acceptors (Lipinski definition) is 4. The first-order valence-corrected chi connectivity index (χ1v) is 9.86. The van der Waals surface area contributed by atoms with Crippen molar-refractivity contribution < 1.29 is 19.4 Å². The molecule has 3 aromatic carbocycles. The van der Waals surface area contributed by atoms with Gasteiger partial charge in [-0.3, -0.25) is 9.59 Å². The Morgan fingerprint density at radius 3 is 2.37 bits per heavy atom. The number of rotatable bonds is 6. The van der Waals surface area contributed by atoms with Crippen LogP contribution in [-0.2, 0) is 16.9 Å². The van der Waals surface area contributed by atoms with Crippen LogP contribution < -0.4 is 9.64 Å². The number of anilines is 1. The number of carbonyl (C=O) groups excluding carboxylic acids is 2. The maximum absolute atomic E-state index is 13.3. The van der Waals surface area contributed by atoms with E-state index in [1.54, 1.807) is 67.8 Å². The molecule has 1 aliphatic rings. The summed E-state index contributed by atoms with van der Waals surface area (Å²) in [5.74, 6) is -0.209. The van der Waals surface area contributed by atoms with Crippen LogP contribution in [0, 0.1) is 0 Å². The van der Waals surface area contributed by atoms with Crippen LogP contribution in [0.3, 0.4) is 0 Å². The number of hydrogen-bond donors (Lipinski definition) is 1. The van der Waals surface area contributed by atoms with Gasteiger partial charge < -0.3 is 14.7 Å². The van der Waals surface area contributed by atoms with E-state index in [1.165, 1.54) is 4.90 Å². The normalized spacial score (nSPS) is 17.7. The molecule has 1 aliphatic heterocycles. The predicted molar refractivity (Wildman–Crippen MR) is 115 cm³/mol. The molecule has 0 saturated carbocycles. The zero-order valence-electron chi connectivity index (χ0n) is 16.3. The van der Waals surface area contributed by atoms with Gasteiger partial charge >= 0.3 is 0 Å². The van der Waals surface area contributed by atoms with Gasteiger partial charge in [0, 0.05) is 16.1 Å². The number of ketones is 1. The fraction of sp³-hybridized carbons (Fsp3) is 0.167. The van der Waals surface area contributed by atoms with Crippen molar-refractivity contribution in [1.82, 2.24) is 0 Å². The van der Waals surface area contributed by atoms with Crippen LogP contribution in [0.5, 0.6) is 5.75 Å². The summed E-state index contributed by atoms with van der Waals surface area (Å²) in [6.45, 7) is 0.270. The number of para-hydroxylation sites is 1. The van der Waals surface area contributed by atoms with Gasteiger partial charge in [0.15, 0.2) is 11.4 Å². The fourth-order valence-corrected chi connectivity index (χ4v) is 3.84. The smallest absolute Gasteiger partial charge is 0.264 e. The van der Waals surface area contributed by atoms with Crippen LogP contribution in [0.1, 0.15) is 27.9 Å². The Kier molecular flexibility index (Phi) is 5.33. The molecule has 1 amide bonds. The Hall–Kier alpha value is -3.15. The van der Waals surface area contributed by atoms with Gasteiger partial charge in [-0.05, 0) is 48.0 Å². The highest BCUT2D eigenvalue weighted by Crippen LogP contribution is 2.43. The molecular formula is C24H20ClNO4. The average molecular weight is 422 g/mol. The van der Waals surface area contributed by atoms with Crippen LogP contribution in [-0.4, -0.2) is 23.9 Å². The number of ether oxygens (including phenoxy) is 1. The number of fused-ring (bicyclic) bond motifs is 1. The highest BCUT2D eigenvalue weighted by Gasteiger charge is 2.50. The van der Waals surface area contributed by atoms with E-state index in [-0.39, 0.29) is 18.7 Å². The van der Waals surface area contributed by atoms with Crippen molar-refractivity contribution in [3.63, 3.8) is 0 Å². The first-order valence-electron chi connectivity index (χ1n) is 9.48. The lowest BCUT2D eigenvalue weighted by molar-refractivity contribution is -0.136. The maximum atomic E-state index is 13.3. The lowest BCUT2D eigenvalue weighted by Gasteiger charge is -2.23. The van der Waals surface area contributed by atoms with Crippen molar-refractivity contribution in [3.8, 4) is 5.75 Å². The summed E-state index contributed by atoms with van der Waals surface area (Å²) in [6, 6.07) is 20.8. The molecule has 0 fully saturated rings. The molecular weight excluding hydrogens is 402 g/mol. The van der Waals surface area contributed by atoms with Crippen molar-refractivity contribution in [2.75, 3.05) is 12.0 Å². The van der Waals surface area contributed by atoms with Gasteiger partial charge in [0.2, 0.25) is 0 Å². The van der Waals surface area contributed by atoms with Crippen molar-refractivity contribution in [3.05, 3.63) is 94.5 Å². The molecule has 0 bridgehead atoms. The summed E-state index contributed by atoms with van der Waals surface area (Å²) in [5.41, 5.74) is 0.396.